The van der Waals surface area contributed by atoms with Crippen LogP contribution < -0.4 is 21.3 Å². The lowest BCUT2D eigenvalue weighted by atomic mass is 9.84. The number of carbonyl (C=O) groups excluding carboxylic acids is 6. The topological polar surface area (TPSA) is 154 Å². The summed E-state index contributed by atoms with van der Waals surface area (Å²) in [7, 11) is 0. The molecule has 1 saturated heterocycles. The normalized spacial score (nSPS) is 18.1. The molecule has 0 saturated carbocycles. The molecule has 0 radical (unpaired) electrons. The van der Waals surface area contributed by atoms with Crippen LogP contribution in [0, 0.1) is 17.3 Å². The smallest absolute Gasteiger partial charge is 0.316 e. The second-order valence-electron chi connectivity index (χ2n) is 13.3. The molecule has 2 rings (SSSR count). The number of nitrogens with zero attached hydrogens (tertiary/aromatic N) is 1. The molecule has 0 aromatic heterocycles. The van der Waals surface area contributed by atoms with Crippen LogP contribution in [0.15, 0.2) is 55.1 Å². The Bertz CT molecular complexity index is 1300. The number of hydrogen-bond donors (Lipinski definition) is 4. The number of likely N-dealkylation sites (tertiary alicyclic amines) is 1. The number of amides is 5. The summed E-state index contributed by atoms with van der Waals surface area (Å²) in [6.45, 7) is 20.6. The van der Waals surface area contributed by atoms with E-state index in [0.29, 0.717) is 24.0 Å². The minimum Gasteiger partial charge on any atom is -0.346 e. The van der Waals surface area contributed by atoms with Crippen LogP contribution in [0.25, 0.3) is 0 Å². The van der Waals surface area contributed by atoms with E-state index in [1.54, 1.807) is 58.0 Å². The number of ketones is 2. The predicted octanol–water partition coefficient (Wildman–Crippen LogP) is 3.56. The van der Waals surface area contributed by atoms with Gasteiger partial charge in [0.1, 0.15) is 18.1 Å². The van der Waals surface area contributed by atoms with E-state index in [2.05, 4.69) is 34.4 Å². The highest BCUT2D eigenvalue weighted by Gasteiger charge is 2.47. The quantitative estimate of drug-likeness (QED) is 0.131. The first-order chi connectivity index (χ1) is 21.5. The van der Waals surface area contributed by atoms with Crippen molar-refractivity contribution in [1.82, 2.24) is 26.2 Å². The summed E-state index contributed by atoms with van der Waals surface area (Å²) < 4.78 is 0. The van der Waals surface area contributed by atoms with Gasteiger partial charge < -0.3 is 26.2 Å². The molecule has 0 bridgehead atoms. The van der Waals surface area contributed by atoms with Crippen LogP contribution in [0.5, 0.6) is 0 Å². The van der Waals surface area contributed by atoms with E-state index in [-0.39, 0.29) is 37.1 Å². The highest BCUT2D eigenvalue weighted by Crippen LogP contribution is 2.33. The van der Waals surface area contributed by atoms with Gasteiger partial charge in [0.2, 0.25) is 17.6 Å². The summed E-state index contributed by atoms with van der Waals surface area (Å²) >= 11 is 0. The average Bonchev–Trinajstić information content (AvgIpc) is 3.46. The first-order valence-electron chi connectivity index (χ1n) is 15.9. The van der Waals surface area contributed by atoms with Crippen LogP contribution >= 0.6 is 0 Å². The minimum absolute atomic E-state index is 0.0226. The lowest BCUT2D eigenvalue weighted by Crippen LogP contribution is -2.61. The maximum absolute atomic E-state index is 14.2. The number of urea groups is 1. The van der Waals surface area contributed by atoms with E-state index in [1.165, 1.54) is 11.0 Å². The van der Waals surface area contributed by atoms with E-state index < -0.39 is 59.1 Å². The van der Waals surface area contributed by atoms with Crippen LogP contribution in [0.4, 0.5) is 4.79 Å². The summed E-state index contributed by atoms with van der Waals surface area (Å²) in [6.07, 6.45) is 2.78. The molecule has 46 heavy (non-hydrogen) atoms. The Balaban J connectivity index is 2.33. The Hall–Kier alpha value is -4.28. The van der Waals surface area contributed by atoms with Gasteiger partial charge in [-0.05, 0) is 37.0 Å². The van der Waals surface area contributed by atoms with Gasteiger partial charge in [-0.1, -0.05) is 96.5 Å². The summed E-state index contributed by atoms with van der Waals surface area (Å²) in [5.74, 6) is -3.12. The summed E-state index contributed by atoms with van der Waals surface area (Å²) in [4.78, 5) is 81.4. The lowest BCUT2D eigenvalue weighted by molar-refractivity contribution is -0.144. The summed E-state index contributed by atoms with van der Waals surface area (Å²) in [6, 6.07) is 3.73. The molecule has 11 nitrogen and oxygen atoms in total. The Labute approximate surface area is 273 Å². The fourth-order valence-corrected chi connectivity index (χ4v) is 5.62. The van der Waals surface area contributed by atoms with Gasteiger partial charge >= 0.3 is 6.03 Å². The molecule has 1 aliphatic rings. The Morgan fingerprint density at radius 3 is 2.17 bits per heavy atom. The molecular formula is C35H51N5O6. The Kier molecular flexibility index (Phi) is 13.9. The number of carbonyl (C=O) groups is 6. The van der Waals surface area contributed by atoms with Gasteiger partial charge in [0.05, 0.1) is 6.04 Å². The van der Waals surface area contributed by atoms with Crippen molar-refractivity contribution in [1.29, 1.82) is 0 Å². The number of nitrogens with one attached hydrogen (secondary N) is 4. The maximum Gasteiger partial charge on any atom is 0.316 e. The zero-order valence-electron chi connectivity index (χ0n) is 28.3. The van der Waals surface area contributed by atoms with Gasteiger partial charge in [0, 0.05) is 18.7 Å². The van der Waals surface area contributed by atoms with Gasteiger partial charge in [-0.2, -0.15) is 0 Å². The van der Waals surface area contributed by atoms with Crippen molar-refractivity contribution in [3.8, 4) is 0 Å². The molecule has 5 amide bonds. The van der Waals surface area contributed by atoms with Crippen molar-refractivity contribution in [2.45, 2.75) is 91.9 Å². The molecule has 1 heterocycles. The molecule has 1 aromatic carbocycles. The summed E-state index contributed by atoms with van der Waals surface area (Å²) in [5, 5.41) is 10.6. The zero-order chi connectivity index (χ0) is 34.8. The van der Waals surface area contributed by atoms with Gasteiger partial charge in [-0.25, -0.2) is 4.79 Å². The molecule has 252 valence electrons. The number of rotatable bonds is 15. The van der Waals surface area contributed by atoms with Crippen molar-refractivity contribution in [3.05, 3.63) is 60.7 Å². The second kappa shape index (κ2) is 16.9. The fourth-order valence-electron chi connectivity index (χ4n) is 5.62. The van der Waals surface area contributed by atoms with Gasteiger partial charge in [0.25, 0.3) is 5.91 Å². The Morgan fingerprint density at radius 1 is 1.02 bits per heavy atom. The largest absolute Gasteiger partial charge is 0.346 e. The van der Waals surface area contributed by atoms with E-state index >= 15 is 0 Å². The van der Waals surface area contributed by atoms with Gasteiger partial charge in [0.15, 0.2) is 5.78 Å². The number of hydrogen-bond acceptors (Lipinski definition) is 6. The van der Waals surface area contributed by atoms with Crippen LogP contribution in [-0.4, -0.2) is 77.5 Å². The number of benzene rings is 1. The maximum atomic E-state index is 14.2. The third kappa shape index (κ3) is 9.86. The standard InChI is InChI=1S/C35H51N5O6/c1-10-15-25(29(42)32(44)36-19-11-2)37-31(43)27-24(21(3)4)18-20-40(27)33(45)30(35(7,8)9)39-34(46)38-26(22(5)6)28(41)23-16-13-12-14-17-23/h11-14,16-17,21,24-27,30H,2,5,10,15,18-20H2,1,3-4,6-9H3,(H,36,44)(H,37,43)(H2,38,39,46)/t24-,25?,26+,27+,30-/m1/s1. The van der Waals surface area contributed by atoms with Crippen LogP contribution in [-0.2, 0) is 19.2 Å². The second-order valence-corrected chi connectivity index (χ2v) is 13.3. The van der Waals surface area contributed by atoms with E-state index in [4.69, 9.17) is 0 Å². The first-order valence-corrected chi connectivity index (χ1v) is 15.9. The molecule has 4 N–H and O–H groups in total. The van der Waals surface area contributed by atoms with Crippen molar-refractivity contribution in [2.75, 3.05) is 13.1 Å². The molecule has 0 spiro atoms. The van der Waals surface area contributed by atoms with Crippen LogP contribution in [0.2, 0.25) is 0 Å². The fraction of sp³-hybridized carbons (Fsp3) is 0.543. The SMILES string of the molecule is C=CCNC(=O)C(=O)C(CCC)NC(=O)[C@@H]1[C@@H](C(C)C)CCN1C(=O)[C@@H](NC(=O)N[C@@H](C(=C)C)C(=O)c1ccccc1)C(C)(C)C. The van der Waals surface area contributed by atoms with E-state index in [9.17, 15) is 28.8 Å². The van der Waals surface area contributed by atoms with Crippen LogP contribution in [0.1, 0.15) is 78.1 Å². The Morgan fingerprint density at radius 2 is 1.65 bits per heavy atom. The minimum atomic E-state index is -1.07. The molecular weight excluding hydrogens is 586 g/mol. The van der Waals surface area contributed by atoms with Gasteiger partial charge in [-0.3, -0.25) is 24.0 Å². The molecule has 1 fully saturated rings. The van der Waals surface area contributed by atoms with E-state index in [0.717, 1.165) is 0 Å². The zero-order valence-corrected chi connectivity index (χ0v) is 28.3. The molecule has 5 atom stereocenters. The third-order valence-corrected chi connectivity index (χ3v) is 8.17. The predicted molar refractivity (Wildman–Crippen MR) is 178 cm³/mol. The van der Waals surface area contributed by atoms with Crippen molar-refractivity contribution < 1.29 is 28.8 Å². The van der Waals surface area contributed by atoms with Crippen molar-refractivity contribution in [2.24, 2.45) is 17.3 Å². The highest BCUT2D eigenvalue weighted by atomic mass is 16.2. The summed E-state index contributed by atoms with van der Waals surface area (Å²) in [5.41, 5.74) is 0.0493. The molecule has 11 heteroatoms. The molecule has 1 aromatic rings. The monoisotopic (exact) mass is 637 g/mol. The number of Topliss-reactive ketones (excluding diaryl/α,β-unsaturated/α-hetero) is 2. The molecule has 1 aliphatic heterocycles. The van der Waals surface area contributed by atoms with Crippen LogP contribution in [0.3, 0.4) is 0 Å². The van der Waals surface area contributed by atoms with Crippen molar-refractivity contribution >= 4 is 35.3 Å². The van der Waals surface area contributed by atoms with Gasteiger partial charge in [-0.15, -0.1) is 6.58 Å². The van der Waals surface area contributed by atoms with Crippen molar-refractivity contribution in [3.63, 3.8) is 0 Å². The third-order valence-electron chi connectivity index (χ3n) is 8.17. The van der Waals surface area contributed by atoms with E-state index in [1.807, 2.05) is 20.8 Å². The first kappa shape index (κ1) is 37.9. The lowest BCUT2D eigenvalue weighted by Gasteiger charge is -2.37. The highest BCUT2D eigenvalue weighted by molar-refractivity contribution is 6.38. The average molecular weight is 638 g/mol. The molecule has 0 aliphatic carbocycles. The molecule has 1 unspecified atom stereocenters.